The van der Waals surface area contributed by atoms with Crippen molar-refractivity contribution in [3.8, 4) is 28.7 Å². The van der Waals surface area contributed by atoms with Gasteiger partial charge in [0.25, 0.3) is 0 Å². The van der Waals surface area contributed by atoms with Crippen LogP contribution in [0.5, 0.6) is 28.7 Å². The molecule has 7 N–H and O–H groups in total. The Bertz CT molecular complexity index is 1860. The second-order valence-electron chi connectivity index (χ2n) is 14.8. The fourth-order valence-electron chi connectivity index (χ4n) is 9.45. The van der Waals surface area contributed by atoms with Gasteiger partial charge in [-0.3, -0.25) is 0 Å². The molecule has 0 bridgehead atoms. The van der Waals surface area contributed by atoms with Crippen LogP contribution in [0.4, 0.5) is 0 Å². The number of aliphatic hydroxyl groups excluding tert-OH is 1. The molecule has 4 aromatic carbocycles. The van der Waals surface area contributed by atoms with Crippen LogP contribution in [0.3, 0.4) is 0 Å². The number of fused-ring (bicyclic) bond motifs is 2. The van der Waals surface area contributed by atoms with Crippen LogP contribution in [0.1, 0.15) is 85.6 Å². The van der Waals surface area contributed by atoms with Gasteiger partial charge >= 0.3 is 0 Å². The van der Waals surface area contributed by atoms with E-state index in [1.165, 1.54) is 62.3 Å². The number of phenolic OH excluding ortho intramolecular Hbond substituents is 5. The van der Waals surface area contributed by atoms with Crippen molar-refractivity contribution in [3.05, 3.63) is 88.5 Å². The largest absolute Gasteiger partial charge is 0.507 e. The minimum Gasteiger partial charge on any atom is -0.507 e. The molecular weight excluding hydrogens is 630 g/mol. The zero-order valence-electron chi connectivity index (χ0n) is 28.6. The monoisotopic (exact) mass is 679 g/mol. The average Bonchev–Trinajstić information content (AvgIpc) is 3.61. The predicted octanol–water partition coefficient (Wildman–Crippen LogP) is 7.68. The first-order chi connectivity index (χ1) is 24.2. The van der Waals surface area contributed by atoms with Crippen LogP contribution in [0.15, 0.2) is 60.7 Å². The van der Waals surface area contributed by atoms with Gasteiger partial charge in [-0.15, -0.1) is 0 Å². The summed E-state index contributed by atoms with van der Waals surface area (Å²) in [6, 6.07) is 18.3. The first kappa shape index (κ1) is 34.2. The van der Waals surface area contributed by atoms with E-state index in [0.717, 1.165) is 38.0 Å². The Morgan fingerprint density at radius 1 is 0.760 bits per heavy atom. The molecule has 3 unspecified atom stereocenters. The van der Waals surface area contributed by atoms with Crippen LogP contribution >= 0.6 is 0 Å². The van der Waals surface area contributed by atoms with Crippen molar-refractivity contribution in [2.45, 2.75) is 88.8 Å². The second kappa shape index (κ2) is 14.2. The van der Waals surface area contributed by atoms with Crippen LogP contribution in [0, 0.1) is 11.3 Å². The topological polar surface area (TPSA) is 143 Å². The van der Waals surface area contributed by atoms with E-state index in [2.05, 4.69) is 29.6 Å². The van der Waals surface area contributed by atoms with Gasteiger partial charge in [0.1, 0.15) is 5.75 Å². The van der Waals surface area contributed by atoms with Gasteiger partial charge in [-0.1, -0.05) is 73.9 Å². The molecule has 1 saturated heterocycles. The standard InChI is InChI=1S/C42H49NO7/c44-26-30-5-4-21-41(19-1-2-20-41)42(30)24-31(18-22-50-42)43-25-29-10-8-27(9-11-29)12-16-34-32(15-13-28-14-17-35(45)37(47)23-28)33-6-3-7-36(46)38(33)40(49)39(34)48/h3,6-11,13-15,17,23,30-31,43-49H,1-2,4-5,12,16,18-22,24-26H2. The van der Waals surface area contributed by atoms with Crippen molar-refractivity contribution < 1.29 is 35.4 Å². The van der Waals surface area contributed by atoms with E-state index in [0.29, 0.717) is 41.0 Å². The fourth-order valence-corrected chi connectivity index (χ4v) is 9.45. The highest BCUT2D eigenvalue weighted by Gasteiger charge is 2.60. The molecule has 4 aromatic rings. The number of aryl methyl sites for hydroxylation is 1. The smallest absolute Gasteiger partial charge is 0.169 e. The van der Waals surface area contributed by atoms with Gasteiger partial charge in [0.15, 0.2) is 23.0 Å². The first-order valence-electron chi connectivity index (χ1n) is 18.2. The molecule has 7 rings (SSSR count). The van der Waals surface area contributed by atoms with Gasteiger partial charge in [-0.2, -0.15) is 0 Å². The van der Waals surface area contributed by atoms with E-state index in [-0.39, 0.29) is 57.7 Å². The molecule has 3 aliphatic rings. The number of rotatable bonds is 9. The third-order valence-corrected chi connectivity index (χ3v) is 12.0. The number of benzene rings is 4. The SMILES string of the molecule is OCC1CCCC2(CCCC2)C12CC(NCc1ccc(CCc3c(O)c(O)c4c(O)cccc4c3C=Cc3ccc(O)c(O)c3)cc1)CCO2. The summed E-state index contributed by atoms with van der Waals surface area (Å²) in [4.78, 5) is 0. The molecule has 2 spiro atoms. The lowest BCUT2D eigenvalue weighted by Gasteiger charge is -2.59. The maximum Gasteiger partial charge on any atom is 0.169 e. The van der Waals surface area contributed by atoms with Crippen LogP contribution in [0.2, 0.25) is 0 Å². The summed E-state index contributed by atoms with van der Waals surface area (Å²) in [5.41, 5.74) is 4.09. The number of aromatic hydroxyl groups is 5. The number of hydrogen-bond donors (Lipinski definition) is 7. The minimum atomic E-state index is -0.360. The summed E-state index contributed by atoms with van der Waals surface area (Å²) >= 11 is 0. The van der Waals surface area contributed by atoms with Crippen LogP contribution in [-0.2, 0) is 24.1 Å². The number of aliphatic hydroxyl groups is 1. The molecule has 0 amide bonds. The van der Waals surface area contributed by atoms with E-state index >= 15 is 0 Å². The molecule has 0 radical (unpaired) electrons. The molecule has 8 heteroatoms. The highest BCUT2D eigenvalue weighted by molar-refractivity contribution is 6.03. The first-order valence-corrected chi connectivity index (χ1v) is 18.2. The van der Waals surface area contributed by atoms with E-state index in [9.17, 15) is 30.6 Å². The van der Waals surface area contributed by atoms with Crippen molar-refractivity contribution in [2.24, 2.45) is 11.3 Å². The molecule has 3 fully saturated rings. The molecule has 3 atom stereocenters. The van der Waals surface area contributed by atoms with E-state index in [1.807, 2.05) is 0 Å². The van der Waals surface area contributed by atoms with Gasteiger partial charge in [0, 0.05) is 37.3 Å². The maximum absolute atomic E-state index is 11.2. The zero-order chi connectivity index (χ0) is 34.9. The number of hydrogen-bond acceptors (Lipinski definition) is 8. The van der Waals surface area contributed by atoms with Crippen LogP contribution in [-0.4, -0.2) is 55.5 Å². The third kappa shape index (κ3) is 6.29. The highest BCUT2D eigenvalue weighted by atomic mass is 16.5. The Hall–Kier alpha value is -4.24. The maximum atomic E-state index is 11.2. The molecule has 1 aliphatic heterocycles. The van der Waals surface area contributed by atoms with E-state index in [1.54, 1.807) is 30.4 Å². The average molecular weight is 680 g/mol. The van der Waals surface area contributed by atoms with Gasteiger partial charge < -0.3 is 40.7 Å². The molecule has 2 aliphatic carbocycles. The molecule has 264 valence electrons. The molecule has 50 heavy (non-hydrogen) atoms. The fraction of sp³-hybridized carbons (Fsp3) is 0.429. The Kier molecular flexibility index (Phi) is 9.70. The van der Waals surface area contributed by atoms with Gasteiger partial charge in [-0.25, -0.2) is 0 Å². The van der Waals surface area contributed by atoms with Crippen molar-refractivity contribution >= 4 is 22.9 Å². The van der Waals surface area contributed by atoms with E-state index < -0.39 is 0 Å². The lowest BCUT2D eigenvalue weighted by molar-refractivity contribution is -0.223. The second-order valence-corrected chi connectivity index (χ2v) is 14.8. The van der Waals surface area contributed by atoms with Gasteiger partial charge in [0.05, 0.1) is 11.0 Å². The Labute approximate surface area is 293 Å². The molecule has 8 nitrogen and oxygen atoms in total. The minimum absolute atomic E-state index is 0.135. The third-order valence-electron chi connectivity index (χ3n) is 12.0. The number of nitrogens with one attached hydrogen (secondary N) is 1. The number of ether oxygens (including phenoxy) is 1. The molecule has 1 heterocycles. The lowest BCUT2D eigenvalue weighted by Crippen LogP contribution is -2.62. The van der Waals surface area contributed by atoms with Gasteiger partial charge in [0.2, 0.25) is 0 Å². The van der Waals surface area contributed by atoms with E-state index in [4.69, 9.17) is 4.74 Å². The number of phenols is 5. The normalized spacial score (nSPS) is 23.4. The summed E-state index contributed by atoms with van der Waals surface area (Å²) < 4.78 is 6.74. The molecule has 0 aromatic heterocycles. The Morgan fingerprint density at radius 3 is 2.28 bits per heavy atom. The summed E-state index contributed by atoms with van der Waals surface area (Å²) in [6.07, 6.45) is 14.9. The van der Waals surface area contributed by atoms with Crippen molar-refractivity contribution in [3.63, 3.8) is 0 Å². The zero-order valence-corrected chi connectivity index (χ0v) is 28.6. The molecule has 2 saturated carbocycles. The highest BCUT2D eigenvalue weighted by Crippen LogP contribution is 2.61. The van der Waals surface area contributed by atoms with Crippen LogP contribution in [0.25, 0.3) is 22.9 Å². The Balaban J connectivity index is 1.06. The summed E-state index contributed by atoms with van der Waals surface area (Å²) in [5.74, 6) is -1.01. The van der Waals surface area contributed by atoms with Crippen molar-refractivity contribution in [2.75, 3.05) is 13.2 Å². The van der Waals surface area contributed by atoms with Crippen molar-refractivity contribution in [1.82, 2.24) is 5.32 Å². The van der Waals surface area contributed by atoms with Gasteiger partial charge in [-0.05, 0) is 103 Å². The summed E-state index contributed by atoms with van der Waals surface area (Å²) in [6.45, 7) is 1.69. The lowest BCUT2D eigenvalue weighted by atomic mass is 9.55. The summed E-state index contributed by atoms with van der Waals surface area (Å²) in [5, 5.41) is 67.4. The summed E-state index contributed by atoms with van der Waals surface area (Å²) in [7, 11) is 0. The van der Waals surface area contributed by atoms with Crippen LogP contribution < -0.4 is 5.32 Å². The quantitative estimate of drug-likeness (QED) is 0.0706. The van der Waals surface area contributed by atoms with Crippen molar-refractivity contribution in [1.29, 1.82) is 0 Å². The predicted molar refractivity (Wildman–Crippen MR) is 195 cm³/mol. The Morgan fingerprint density at radius 2 is 1.52 bits per heavy atom. The molecular formula is C42H49NO7.